The number of ether oxygens (including phenoxy) is 1. The number of rotatable bonds is 4. The van der Waals surface area contributed by atoms with Gasteiger partial charge in [-0.3, -0.25) is 9.48 Å². The van der Waals surface area contributed by atoms with Gasteiger partial charge in [-0.1, -0.05) is 30.3 Å². The number of hydrogen-bond acceptors (Lipinski definition) is 4. The number of carbonyl (C=O) groups is 2. The van der Waals surface area contributed by atoms with Crippen LogP contribution >= 0.6 is 0 Å². The van der Waals surface area contributed by atoms with Crippen LogP contribution in [0.25, 0.3) is 0 Å². The SMILES string of the molecule is Cc1nn(Cc2ccccc2)c(C)c1C(=O)N1CC(C(=O)O)O[C@H](C)C1. The Kier molecular flexibility index (Phi) is 5.08. The highest BCUT2D eigenvalue weighted by Gasteiger charge is 2.34. The van der Waals surface area contributed by atoms with Crippen LogP contribution in [-0.2, 0) is 16.1 Å². The van der Waals surface area contributed by atoms with Crippen molar-refractivity contribution in [1.29, 1.82) is 0 Å². The van der Waals surface area contributed by atoms with Crippen LogP contribution < -0.4 is 0 Å². The second-order valence-electron chi connectivity index (χ2n) is 6.67. The summed E-state index contributed by atoms with van der Waals surface area (Å²) in [4.78, 5) is 25.9. The Hall–Kier alpha value is -2.67. The van der Waals surface area contributed by atoms with E-state index in [0.717, 1.165) is 11.3 Å². The molecule has 7 nitrogen and oxygen atoms in total. The molecule has 0 saturated carbocycles. The first-order chi connectivity index (χ1) is 12.4. The number of amides is 1. The van der Waals surface area contributed by atoms with Crippen LogP contribution in [0, 0.1) is 13.8 Å². The topological polar surface area (TPSA) is 84.7 Å². The van der Waals surface area contributed by atoms with Crippen LogP contribution in [0.1, 0.15) is 34.2 Å². The Bertz CT molecular complexity index is 816. The molecule has 1 fully saturated rings. The molecule has 7 heteroatoms. The predicted octanol–water partition coefficient (Wildman–Crippen LogP) is 1.86. The van der Waals surface area contributed by atoms with E-state index in [9.17, 15) is 14.7 Å². The van der Waals surface area contributed by atoms with Crippen LogP contribution in [0.3, 0.4) is 0 Å². The average molecular weight is 357 g/mol. The largest absolute Gasteiger partial charge is 0.479 e. The summed E-state index contributed by atoms with van der Waals surface area (Å²) in [5.41, 5.74) is 3.07. The molecule has 1 aliphatic heterocycles. The molecule has 1 N–H and O–H groups in total. The first-order valence-electron chi connectivity index (χ1n) is 8.62. The minimum Gasteiger partial charge on any atom is -0.479 e. The van der Waals surface area contributed by atoms with Crippen molar-refractivity contribution < 1.29 is 19.4 Å². The second kappa shape index (κ2) is 7.29. The predicted molar refractivity (Wildman–Crippen MR) is 95.1 cm³/mol. The van der Waals surface area contributed by atoms with Gasteiger partial charge in [-0.15, -0.1) is 0 Å². The molecule has 138 valence electrons. The van der Waals surface area contributed by atoms with Gasteiger partial charge in [0.15, 0.2) is 6.10 Å². The number of aryl methyl sites for hydroxylation is 1. The monoisotopic (exact) mass is 357 g/mol. The lowest BCUT2D eigenvalue weighted by Crippen LogP contribution is -2.52. The normalized spacial score (nSPS) is 20.2. The Morgan fingerprint density at radius 1 is 1.23 bits per heavy atom. The van der Waals surface area contributed by atoms with Crippen LogP contribution in [0.15, 0.2) is 30.3 Å². The number of carboxylic acid groups (broad SMARTS) is 1. The Labute approximate surface area is 152 Å². The average Bonchev–Trinajstić information content (AvgIpc) is 2.88. The van der Waals surface area contributed by atoms with E-state index in [4.69, 9.17) is 4.74 Å². The standard InChI is InChI=1S/C19H23N3O4/c1-12-9-21(11-16(26-12)19(24)25)18(23)17-13(2)20-22(14(17)3)10-15-7-5-4-6-8-15/h4-8,12,16H,9-11H2,1-3H3,(H,24,25)/t12-,16?/m1/s1. The molecule has 0 spiro atoms. The molecule has 1 saturated heterocycles. The van der Waals surface area contributed by atoms with Crippen LogP contribution in [0.5, 0.6) is 0 Å². The fraction of sp³-hybridized carbons (Fsp3) is 0.421. The number of benzene rings is 1. The molecule has 1 aromatic carbocycles. The quantitative estimate of drug-likeness (QED) is 0.903. The fourth-order valence-electron chi connectivity index (χ4n) is 3.33. The van der Waals surface area contributed by atoms with E-state index in [-0.39, 0.29) is 18.6 Å². The molecule has 2 atom stereocenters. The molecule has 3 rings (SSSR count). The molecule has 2 aromatic rings. The molecule has 26 heavy (non-hydrogen) atoms. The molecular formula is C19H23N3O4. The maximum atomic E-state index is 13.0. The molecule has 1 aliphatic rings. The molecule has 0 radical (unpaired) electrons. The Balaban J connectivity index is 1.84. The van der Waals surface area contributed by atoms with Gasteiger partial charge < -0.3 is 14.7 Å². The van der Waals surface area contributed by atoms with Crippen molar-refractivity contribution in [2.45, 2.75) is 39.5 Å². The van der Waals surface area contributed by atoms with Gasteiger partial charge in [0.1, 0.15) is 0 Å². The zero-order chi connectivity index (χ0) is 18.8. The van der Waals surface area contributed by atoms with E-state index in [2.05, 4.69) is 5.10 Å². The lowest BCUT2D eigenvalue weighted by atomic mass is 10.1. The van der Waals surface area contributed by atoms with Crippen molar-refractivity contribution in [3.8, 4) is 0 Å². The van der Waals surface area contributed by atoms with Crippen molar-refractivity contribution in [2.24, 2.45) is 0 Å². The van der Waals surface area contributed by atoms with E-state index >= 15 is 0 Å². The van der Waals surface area contributed by atoms with Gasteiger partial charge in [0.2, 0.25) is 0 Å². The van der Waals surface area contributed by atoms with Crippen molar-refractivity contribution in [3.05, 3.63) is 52.8 Å². The number of nitrogens with zero attached hydrogens (tertiary/aromatic N) is 3. The van der Waals surface area contributed by atoms with Gasteiger partial charge in [-0.05, 0) is 26.3 Å². The van der Waals surface area contributed by atoms with Gasteiger partial charge in [-0.2, -0.15) is 5.10 Å². The van der Waals surface area contributed by atoms with Crippen molar-refractivity contribution in [1.82, 2.24) is 14.7 Å². The third-order valence-corrected chi connectivity index (χ3v) is 4.59. The maximum Gasteiger partial charge on any atom is 0.334 e. The highest BCUT2D eigenvalue weighted by atomic mass is 16.5. The molecule has 1 aromatic heterocycles. The van der Waals surface area contributed by atoms with Gasteiger partial charge in [0, 0.05) is 12.2 Å². The van der Waals surface area contributed by atoms with E-state index in [1.54, 1.807) is 18.7 Å². The first-order valence-corrected chi connectivity index (χ1v) is 8.62. The molecule has 2 heterocycles. The van der Waals surface area contributed by atoms with E-state index in [1.165, 1.54) is 0 Å². The van der Waals surface area contributed by atoms with Crippen molar-refractivity contribution >= 4 is 11.9 Å². The molecule has 1 unspecified atom stereocenters. The molecule has 0 aliphatic carbocycles. The number of morpholine rings is 1. The lowest BCUT2D eigenvalue weighted by molar-refractivity contribution is -0.160. The number of hydrogen-bond donors (Lipinski definition) is 1. The van der Waals surface area contributed by atoms with Crippen molar-refractivity contribution in [3.63, 3.8) is 0 Å². The van der Waals surface area contributed by atoms with Crippen LogP contribution in [0.4, 0.5) is 0 Å². The maximum absolute atomic E-state index is 13.0. The molecule has 0 bridgehead atoms. The summed E-state index contributed by atoms with van der Waals surface area (Å²) in [6.45, 7) is 6.44. The van der Waals surface area contributed by atoms with Gasteiger partial charge in [0.05, 0.1) is 30.5 Å². The number of carboxylic acids is 1. The minimum atomic E-state index is -1.05. The van der Waals surface area contributed by atoms with Gasteiger partial charge in [-0.25, -0.2) is 4.79 Å². The minimum absolute atomic E-state index is 0.0429. The highest BCUT2D eigenvalue weighted by Crippen LogP contribution is 2.20. The van der Waals surface area contributed by atoms with E-state index < -0.39 is 12.1 Å². The summed E-state index contributed by atoms with van der Waals surface area (Å²) in [5.74, 6) is -1.25. The van der Waals surface area contributed by atoms with E-state index in [1.807, 2.05) is 41.9 Å². The summed E-state index contributed by atoms with van der Waals surface area (Å²) in [6.07, 6.45) is -1.32. The number of aliphatic carboxylic acids is 1. The molecular weight excluding hydrogens is 334 g/mol. The van der Waals surface area contributed by atoms with Crippen LogP contribution in [0.2, 0.25) is 0 Å². The number of aromatic nitrogens is 2. The zero-order valence-electron chi connectivity index (χ0n) is 15.2. The lowest BCUT2D eigenvalue weighted by Gasteiger charge is -2.35. The van der Waals surface area contributed by atoms with E-state index in [0.29, 0.717) is 24.3 Å². The first kappa shape index (κ1) is 18.1. The van der Waals surface area contributed by atoms with Crippen molar-refractivity contribution in [2.75, 3.05) is 13.1 Å². The zero-order valence-corrected chi connectivity index (χ0v) is 15.2. The highest BCUT2D eigenvalue weighted by molar-refractivity contribution is 5.96. The summed E-state index contributed by atoms with van der Waals surface area (Å²) in [6, 6.07) is 9.92. The van der Waals surface area contributed by atoms with Gasteiger partial charge >= 0.3 is 5.97 Å². The smallest absolute Gasteiger partial charge is 0.334 e. The Morgan fingerprint density at radius 2 is 1.92 bits per heavy atom. The van der Waals surface area contributed by atoms with Crippen LogP contribution in [-0.4, -0.2) is 57.0 Å². The molecule has 1 amide bonds. The summed E-state index contributed by atoms with van der Waals surface area (Å²) in [5, 5.41) is 13.7. The van der Waals surface area contributed by atoms with Gasteiger partial charge in [0.25, 0.3) is 5.91 Å². The second-order valence-corrected chi connectivity index (χ2v) is 6.67. The summed E-state index contributed by atoms with van der Waals surface area (Å²) in [7, 11) is 0. The third-order valence-electron chi connectivity index (χ3n) is 4.59. The number of carbonyl (C=O) groups excluding carboxylic acids is 1. The summed E-state index contributed by atoms with van der Waals surface area (Å²) < 4.78 is 7.21. The third kappa shape index (κ3) is 3.62. The Morgan fingerprint density at radius 3 is 2.58 bits per heavy atom. The fourth-order valence-corrected chi connectivity index (χ4v) is 3.33. The summed E-state index contributed by atoms with van der Waals surface area (Å²) >= 11 is 0.